The number of fused-ring (bicyclic) bond motifs is 7. The summed E-state index contributed by atoms with van der Waals surface area (Å²) in [6, 6.07) is 14.0. The van der Waals surface area contributed by atoms with Crippen molar-refractivity contribution in [3.8, 4) is 35.2 Å². The summed E-state index contributed by atoms with van der Waals surface area (Å²) >= 11 is 0. The number of ether oxygens (including phenoxy) is 2. The number of nitrogens with zero attached hydrogens (tertiary/aromatic N) is 1. The van der Waals surface area contributed by atoms with Gasteiger partial charge in [0.25, 0.3) is 0 Å². The lowest BCUT2D eigenvalue weighted by Gasteiger charge is -2.58. The van der Waals surface area contributed by atoms with E-state index in [1.807, 2.05) is 30.5 Å². The molecule has 6 unspecified atom stereocenters. The Labute approximate surface area is 269 Å². The molecule has 0 radical (unpaired) electrons. The van der Waals surface area contributed by atoms with Crippen LogP contribution < -0.4 is 14.9 Å². The van der Waals surface area contributed by atoms with Gasteiger partial charge in [-0.05, 0) is 98.5 Å². The van der Waals surface area contributed by atoms with Gasteiger partial charge in [-0.3, -0.25) is 4.79 Å². The van der Waals surface area contributed by atoms with Gasteiger partial charge in [-0.25, -0.2) is 0 Å². The summed E-state index contributed by atoms with van der Waals surface area (Å²) in [5, 5.41) is 15.6. The fourth-order valence-corrected chi connectivity index (χ4v) is 9.32. The van der Waals surface area contributed by atoms with E-state index in [1.54, 1.807) is 38.0 Å². The molecule has 0 saturated heterocycles. The van der Waals surface area contributed by atoms with Crippen LogP contribution in [-0.4, -0.2) is 30.1 Å². The molecular weight excluding hydrogens is 578 g/mol. The maximum atomic E-state index is 12.2. The van der Waals surface area contributed by atoms with Crippen molar-refractivity contribution in [1.29, 1.82) is 0 Å². The lowest BCUT2D eigenvalue weighted by molar-refractivity contribution is -0.0975. The molecule has 2 aromatic heterocycles. The highest BCUT2D eigenvalue weighted by molar-refractivity contribution is 5.80. The normalized spacial score (nSPS) is 30.8. The Hall–Kier alpha value is -4.28. The van der Waals surface area contributed by atoms with Crippen LogP contribution in [-0.2, 0) is 6.42 Å². The Bertz CT molecular complexity index is 1930. The summed E-state index contributed by atoms with van der Waals surface area (Å²) in [6.07, 6.45) is 17.4. The van der Waals surface area contributed by atoms with Crippen molar-refractivity contribution < 1.29 is 23.5 Å². The summed E-state index contributed by atoms with van der Waals surface area (Å²) in [7, 11) is 3.17. The summed E-state index contributed by atoms with van der Waals surface area (Å²) in [6.45, 7) is 4.71. The molecule has 238 valence electrons. The molecule has 3 saturated carbocycles. The van der Waals surface area contributed by atoms with Gasteiger partial charge in [-0.15, -0.1) is 6.42 Å². The van der Waals surface area contributed by atoms with E-state index in [1.165, 1.54) is 18.1 Å². The van der Waals surface area contributed by atoms with E-state index in [4.69, 9.17) is 24.8 Å². The van der Waals surface area contributed by atoms with E-state index >= 15 is 0 Å². The van der Waals surface area contributed by atoms with Crippen molar-refractivity contribution in [1.82, 2.24) is 5.16 Å². The van der Waals surface area contributed by atoms with Crippen LogP contribution in [0.1, 0.15) is 63.7 Å². The maximum absolute atomic E-state index is 12.2. The topological polar surface area (TPSA) is 94.9 Å². The SMILES string of the molecule is C#CC1(O)CCC2C3CCC4=Cc5oncc5CC4(C)C3CCC21C.COc1cccc(-c2cc(=O)c3ccc(OC)cc3o2)c1. The summed E-state index contributed by atoms with van der Waals surface area (Å²) in [4.78, 5) is 12.2. The smallest absolute Gasteiger partial charge is 0.193 e. The number of aliphatic hydroxyl groups is 1. The fourth-order valence-electron chi connectivity index (χ4n) is 9.32. The highest BCUT2D eigenvalue weighted by Crippen LogP contribution is 2.67. The first kappa shape index (κ1) is 30.4. The van der Waals surface area contributed by atoms with Crippen LogP contribution in [0.3, 0.4) is 0 Å². The molecule has 7 nitrogen and oxygen atoms in total. The highest BCUT2D eigenvalue weighted by atomic mass is 16.5. The van der Waals surface area contributed by atoms with Gasteiger partial charge in [-0.2, -0.15) is 0 Å². The van der Waals surface area contributed by atoms with Gasteiger partial charge in [-0.1, -0.05) is 42.6 Å². The Balaban J connectivity index is 0.000000150. The summed E-state index contributed by atoms with van der Waals surface area (Å²) in [5.41, 5.74) is 3.19. The Morgan fingerprint density at radius 1 is 1.00 bits per heavy atom. The number of rotatable bonds is 3. The summed E-state index contributed by atoms with van der Waals surface area (Å²) in [5.74, 6) is 7.49. The molecule has 4 aliphatic carbocycles. The lowest BCUT2D eigenvalue weighted by atomic mass is 9.46. The Kier molecular flexibility index (Phi) is 7.40. The number of aromatic nitrogens is 1. The number of allylic oxidation sites excluding steroid dienone is 1. The molecule has 1 N–H and O–H groups in total. The largest absolute Gasteiger partial charge is 0.497 e. The molecule has 0 aliphatic heterocycles. The van der Waals surface area contributed by atoms with Crippen molar-refractivity contribution >= 4 is 17.0 Å². The first-order chi connectivity index (χ1) is 22.1. The summed E-state index contributed by atoms with van der Waals surface area (Å²) < 4.78 is 21.6. The second-order valence-corrected chi connectivity index (χ2v) is 14.0. The Morgan fingerprint density at radius 2 is 1.78 bits per heavy atom. The first-order valence-corrected chi connectivity index (χ1v) is 16.2. The van der Waals surface area contributed by atoms with Crippen LogP contribution in [0.4, 0.5) is 0 Å². The minimum atomic E-state index is -0.909. The van der Waals surface area contributed by atoms with E-state index in [0.29, 0.717) is 46.0 Å². The standard InChI is InChI=1S/C22H27NO2.C17H14O4/c1-4-22(24)10-8-18-16-6-5-15-11-19-14(13-23-25-19)12-20(15,2)17(16)7-9-21(18,22)3;1-19-12-5-3-4-11(8-12)16-10-15(18)14-7-6-13(20-2)9-17(14)21-16/h1,11,13,16-18,24H,5-10,12H2,2-3H3;3-10H,1-2H3. The van der Waals surface area contributed by atoms with E-state index < -0.39 is 5.60 Å². The lowest BCUT2D eigenvalue weighted by Crippen LogP contribution is -2.54. The zero-order chi connectivity index (χ0) is 32.3. The van der Waals surface area contributed by atoms with Crippen molar-refractivity contribution in [2.75, 3.05) is 14.2 Å². The van der Waals surface area contributed by atoms with Crippen LogP contribution in [0.15, 0.2) is 74.0 Å². The van der Waals surface area contributed by atoms with Gasteiger partial charge in [0.2, 0.25) is 0 Å². The second-order valence-electron chi connectivity index (χ2n) is 14.0. The van der Waals surface area contributed by atoms with Crippen LogP contribution in [0.2, 0.25) is 0 Å². The van der Waals surface area contributed by atoms with Crippen LogP contribution >= 0.6 is 0 Å². The third-order valence-electron chi connectivity index (χ3n) is 12.0. The number of benzene rings is 2. The van der Waals surface area contributed by atoms with Gasteiger partial charge in [0.1, 0.15) is 28.4 Å². The van der Waals surface area contributed by atoms with Crippen LogP contribution in [0.5, 0.6) is 11.5 Å². The van der Waals surface area contributed by atoms with Crippen molar-refractivity contribution in [2.24, 2.45) is 28.6 Å². The number of hydrogen-bond acceptors (Lipinski definition) is 7. The third kappa shape index (κ3) is 4.69. The quantitative estimate of drug-likeness (QED) is 0.235. The van der Waals surface area contributed by atoms with Crippen LogP contribution in [0.25, 0.3) is 28.4 Å². The minimum Gasteiger partial charge on any atom is -0.497 e. The minimum absolute atomic E-state index is 0.0864. The van der Waals surface area contributed by atoms with E-state index in [9.17, 15) is 9.90 Å². The highest BCUT2D eigenvalue weighted by Gasteiger charge is 2.63. The monoisotopic (exact) mass is 619 g/mol. The molecule has 2 aromatic carbocycles. The average molecular weight is 620 g/mol. The van der Waals surface area contributed by atoms with E-state index in [-0.39, 0.29) is 16.3 Å². The second kappa shape index (κ2) is 11.2. The molecule has 2 heterocycles. The molecule has 4 aliphatic rings. The maximum Gasteiger partial charge on any atom is 0.193 e. The molecule has 7 heteroatoms. The average Bonchev–Trinajstić information content (AvgIpc) is 3.64. The molecule has 0 amide bonds. The number of methoxy groups -OCH3 is 2. The predicted octanol–water partition coefficient (Wildman–Crippen LogP) is 7.70. The van der Waals surface area contributed by atoms with Crippen molar-refractivity contribution in [3.63, 3.8) is 0 Å². The van der Waals surface area contributed by atoms with Crippen LogP contribution in [0, 0.1) is 40.9 Å². The van der Waals surface area contributed by atoms with E-state index in [2.05, 4.69) is 31.0 Å². The molecule has 3 fully saturated rings. The van der Waals surface area contributed by atoms with E-state index in [0.717, 1.165) is 49.8 Å². The van der Waals surface area contributed by atoms with Crippen molar-refractivity contribution in [2.45, 2.75) is 64.4 Å². The molecule has 0 spiro atoms. The zero-order valence-corrected chi connectivity index (χ0v) is 27.0. The molecule has 4 aromatic rings. The van der Waals surface area contributed by atoms with Crippen molar-refractivity contribution in [3.05, 3.63) is 81.8 Å². The predicted molar refractivity (Wildman–Crippen MR) is 177 cm³/mol. The molecule has 0 bridgehead atoms. The number of terminal acetylenes is 1. The molecule has 8 rings (SSSR count). The molecule has 46 heavy (non-hydrogen) atoms. The van der Waals surface area contributed by atoms with Gasteiger partial charge in [0.15, 0.2) is 11.2 Å². The number of hydrogen-bond donors (Lipinski definition) is 1. The van der Waals surface area contributed by atoms with Gasteiger partial charge in [0, 0.05) is 28.7 Å². The Morgan fingerprint density at radius 3 is 2.57 bits per heavy atom. The molecular formula is C39H41NO6. The van der Waals surface area contributed by atoms with Gasteiger partial charge < -0.3 is 23.5 Å². The third-order valence-corrected chi connectivity index (χ3v) is 12.0. The first-order valence-electron chi connectivity index (χ1n) is 16.2. The van der Waals surface area contributed by atoms with Gasteiger partial charge in [0.05, 0.1) is 25.8 Å². The zero-order valence-electron chi connectivity index (χ0n) is 27.0. The fraction of sp³-hybridized carbons (Fsp3) is 0.436. The van der Waals surface area contributed by atoms with Gasteiger partial charge >= 0.3 is 0 Å². The molecule has 6 atom stereocenters.